The molecular weight excluding hydrogens is 332 g/mol. The van der Waals surface area contributed by atoms with Gasteiger partial charge in [0.1, 0.15) is 19.5 Å². The summed E-state index contributed by atoms with van der Waals surface area (Å²) in [6.07, 6.45) is 3.05. The van der Waals surface area contributed by atoms with Crippen LogP contribution >= 0.6 is 11.3 Å². The summed E-state index contributed by atoms with van der Waals surface area (Å²) in [6.45, 7) is 5.28. The Morgan fingerprint density at radius 2 is 2.12 bits per heavy atom. The Bertz CT molecular complexity index is 924. The lowest BCUT2D eigenvalue weighted by molar-refractivity contribution is -0.119. The second-order valence-electron chi connectivity index (χ2n) is 5.08. The molecule has 0 fully saturated rings. The molecule has 2 aliphatic rings. The number of ether oxygens (including phenoxy) is 4. The van der Waals surface area contributed by atoms with Crippen LogP contribution in [0.2, 0.25) is 0 Å². The molecule has 2 aliphatic heterocycles. The summed E-state index contributed by atoms with van der Waals surface area (Å²) >= 11 is 1.39. The van der Waals surface area contributed by atoms with Gasteiger partial charge in [-0.3, -0.25) is 4.79 Å². The number of benzene rings is 1. The van der Waals surface area contributed by atoms with Crippen LogP contribution in [0.15, 0.2) is 41.8 Å². The fourth-order valence-corrected chi connectivity index (χ4v) is 3.52. The van der Waals surface area contributed by atoms with Gasteiger partial charge in [0.15, 0.2) is 16.3 Å². The molecule has 1 aromatic carbocycles. The average Bonchev–Trinajstić information content (AvgIpc) is 3.18. The number of hydrogen-bond donors (Lipinski definition) is 0. The van der Waals surface area contributed by atoms with E-state index >= 15 is 0 Å². The van der Waals surface area contributed by atoms with Gasteiger partial charge in [0.2, 0.25) is 12.6 Å². The summed E-state index contributed by atoms with van der Waals surface area (Å²) < 4.78 is 24.1. The molecular formula is C16H14N2O5S. The van der Waals surface area contributed by atoms with Crippen LogP contribution in [-0.4, -0.2) is 30.5 Å². The number of aromatic nitrogens is 1. The number of hydrogen-bond acceptors (Lipinski definition) is 6. The van der Waals surface area contributed by atoms with Gasteiger partial charge in [-0.15, -0.1) is 6.58 Å². The maximum Gasteiger partial charge on any atom is 0.317 e. The topological polar surface area (TPSA) is 71.3 Å². The third-order valence-electron chi connectivity index (χ3n) is 3.55. The Hall–Kier alpha value is -2.74. The van der Waals surface area contributed by atoms with E-state index in [1.54, 1.807) is 6.08 Å². The number of amides is 1. The first-order valence-electron chi connectivity index (χ1n) is 7.34. The van der Waals surface area contributed by atoms with Crippen molar-refractivity contribution in [1.82, 2.24) is 4.57 Å². The Morgan fingerprint density at radius 1 is 1.29 bits per heavy atom. The molecule has 1 amide bonds. The first-order valence-corrected chi connectivity index (χ1v) is 8.15. The fourth-order valence-electron chi connectivity index (χ4n) is 2.47. The lowest BCUT2D eigenvalue weighted by Gasteiger charge is -2.12. The molecule has 0 atom stereocenters. The van der Waals surface area contributed by atoms with Crippen LogP contribution in [-0.2, 0) is 20.8 Å². The maximum atomic E-state index is 12.3. The van der Waals surface area contributed by atoms with Crippen LogP contribution in [0, 0.1) is 0 Å². The fraction of sp³-hybridized carbons (Fsp3) is 0.250. The zero-order valence-electron chi connectivity index (χ0n) is 12.7. The summed E-state index contributed by atoms with van der Waals surface area (Å²) in [5.74, 6) is 1.01. The van der Waals surface area contributed by atoms with Crippen LogP contribution < -0.4 is 14.3 Å². The van der Waals surface area contributed by atoms with Gasteiger partial charge in [0.25, 0.3) is 0 Å². The van der Waals surface area contributed by atoms with Crippen molar-refractivity contribution in [2.24, 2.45) is 4.99 Å². The quantitative estimate of drug-likeness (QED) is 0.794. The summed E-state index contributed by atoms with van der Waals surface area (Å²) in [4.78, 5) is 17.0. The van der Waals surface area contributed by atoms with E-state index in [1.165, 1.54) is 17.6 Å². The minimum atomic E-state index is -0.473. The van der Waals surface area contributed by atoms with Gasteiger partial charge in [0, 0.05) is 18.7 Å². The van der Waals surface area contributed by atoms with Crippen LogP contribution in [0.3, 0.4) is 0 Å². The molecule has 0 N–H and O–H groups in total. The van der Waals surface area contributed by atoms with E-state index in [1.807, 2.05) is 16.7 Å². The molecule has 1 aromatic heterocycles. The predicted octanol–water partition coefficient (Wildman–Crippen LogP) is 1.93. The van der Waals surface area contributed by atoms with E-state index < -0.39 is 5.91 Å². The van der Waals surface area contributed by atoms with Gasteiger partial charge in [-0.2, -0.15) is 4.99 Å². The minimum Gasteiger partial charge on any atom is -0.494 e. The normalized spacial score (nSPS) is 16.5. The first-order chi connectivity index (χ1) is 11.8. The molecule has 2 aromatic rings. The second-order valence-corrected chi connectivity index (χ2v) is 6.08. The van der Waals surface area contributed by atoms with E-state index in [0.29, 0.717) is 36.1 Å². The van der Waals surface area contributed by atoms with Crippen molar-refractivity contribution in [3.05, 3.63) is 41.6 Å². The molecule has 3 heterocycles. The molecule has 0 spiro atoms. The Morgan fingerprint density at radius 3 is 2.88 bits per heavy atom. The zero-order chi connectivity index (χ0) is 16.5. The summed E-state index contributed by atoms with van der Waals surface area (Å²) in [7, 11) is 0. The highest BCUT2D eigenvalue weighted by atomic mass is 32.1. The molecule has 0 radical (unpaired) electrons. The Balaban J connectivity index is 1.83. The number of thiazole rings is 1. The summed E-state index contributed by atoms with van der Waals surface area (Å²) in [6, 6.07) is 3.78. The highest BCUT2D eigenvalue weighted by Gasteiger charge is 2.19. The largest absolute Gasteiger partial charge is 0.494 e. The highest BCUT2D eigenvalue weighted by molar-refractivity contribution is 7.16. The number of rotatable bonds is 3. The standard InChI is InChI=1S/C16H14N2O5S/c1-2-3-18-10-6-11-12(23-9-22-11)7-14(10)24-16(18)17-15(19)13-8-20-4-5-21-13/h2,6-8H,1,3-5,9H2. The molecule has 7 nitrogen and oxygen atoms in total. The predicted molar refractivity (Wildman–Crippen MR) is 86.7 cm³/mol. The molecule has 124 valence electrons. The molecule has 4 rings (SSSR count). The van der Waals surface area contributed by atoms with Gasteiger partial charge in [-0.05, 0) is 0 Å². The number of fused-ring (bicyclic) bond motifs is 2. The van der Waals surface area contributed by atoms with Crippen molar-refractivity contribution in [3.8, 4) is 11.5 Å². The van der Waals surface area contributed by atoms with Crippen LogP contribution in [0.4, 0.5) is 0 Å². The van der Waals surface area contributed by atoms with Crippen molar-refractivity contribution < 1.29 is 23.7 Å². The van der Waals surface area contributed by atoms with E-state index in [4.69, 9.17) is 18.9 Å². The van der Waals surface area contributed by atoms with Crippen molar-refractivity contribution >= 4 is 27.5 Å². The monoisotopic (exact) mass is 346 g/mol. The average molecular weight is 346 g/mol. The van der Waals surface area contributed by atoms with E-state index in [2.05, 4.69) is 11.6 Å². The van der Waals surface area contributed by atoms with Crippen molar-refractivity contribution in [2.75, 3.05) is 20.0 Å². The third kappa shape index (κ3) is 2.54. The van der Waals surface area contributed by atoms with Gasteiger partial charge < -0.3 is 23.5 Å². The van der Waals surface area contributed by atoms with Crippen molar-refractivity contribution in [3.63, 3.8) is 0 Å². The molecule has 0 unspecified atom stereocenters. The van der Waals surface area contributed by atoms with Gasteiger partial charge in [-0.25, -0.2) is 0 Å². The number of carbonyl (C=O) groups is 1. The SMILES string of the molecule is C=CCn1c(=NC(=O)C2=COCCO2)sc2cc3c(cc21)OCO3. The lowest BCUT2D eigenvalue weighted by Crippen LogP contribution is -2.19. The van der Waals surface area contributed by atoms with E-state index in [9.17, 15) is 4.79 Å². The van der Waals surface area contributed by atoms with Gasteiger partial charge >= 0.3 is 5.91 Å². The van der Waals surface area contributed by atoms with Crippen LogP contribution in [0.5, 0.6) is 11.5 Å². The van der Waals surface area contributed by atoms with Gasteiger partial charge in [0.05, 0.1) is 10.2 Å². The molecule has 8 heteroatoms. The molecule has 0 aliphatic carbocycles. The smallest absolute Gasteiger partial charge is 0.317 e. The third-order valence-corrected chi connectivity index (χ3v) is 4.59. The molecule has 0 bridgehead atoms. The van der Waals surface area contributed by atoms with Crippen molar-refractivity contribution in [1.29, 1.82) is 0 Å². The second kappa shape index (κ2) is 6.04. The minimum absolute atomic E-state index is 0.109. The number of nitrogens with zero attached hydrogens (tertiary/aromatic N) is 2. The summed E-state index contributed by atoms with van der Waals surface area (Å²) in [5, 5.41) is 0. The number of carbonyl (C=O) groups excluding carboxylic acids is 1. The Labute approximate surface area is 141 Å². The molecule has 24 heavy (non-hydrogen) atoms. The first kappa shape index (κ1) is 14.8. The van der Waals surface area contributed by atoms with Gasteiger partial charge in [-0.1, -0.05) is 17.4 Å². The maximum absolute atomic E-state index is 12.3. The van der Waals surface area contributed by atoms with E-state index in [-0.39, 0.29) is 12.6 Å². The van der Waals surface area contributed by atoms with Crippen LogP contribution in [0.1, 0.15) is 0 Å². The highest BCUT2D eigenvalue weighted by Crippen LogP contribution is 2.36. The molecule has 0 saturated carbocycles. The van der Waals surface area contributed by atoms with E-state index in [0.717, 1.165) is 10.2 Å². The summed E-state index contributed by atoms with van der Waals surface area (Å²) in [5.41, 5.74) is 0.908. The molecule has 0 saturated heterocycles. The Kier molecular flexibility index (Phi) is 3.73. The zero-order valence-corrected chi connectivity index (χ0v) is 13.5. The number of allylic oxidation sites excluding steroid dienone is 1. The van der Waals surface area contributed by atoms with Crippen molar-refractivity contribution in [2.45, 2.75) is 6.54 Å². The van der Waals surface area contributed by atoms with Crippen LogP contribution in [0.25, 0.3) is 10.2 Å². The lowest BCUT2D eigenvalue weighted by atomic mass is 10.3.